The van der Waals surface area contributed by atoms with E-state index < -0.39 is 0 Å². The lowest BCUT2D eigenvalue weighted by molar-refractivity contribution is -0.123. The van der Waals surface area contributed by atoms with Gasteiger partial charge in [0.1, 0.15) is 0 Å². The average molecular weight is 375 g/mol. The summed E-state index contributed by atoms with van der Waals surface area (Å²) >= 11 is 0. The van der Waals surface area contributed by atoms with Crippen LogP contribution in [0.15, 0.2) is 24.3 Å². The van der Waals surface area contributed by atoms with Crippen molar-refractivity contribution in [3.63, 3.8) is 0 Å². The summed E-state index contributed by atoms with van der Waals surface area (Å²) in [6, 6.07) is 7.99. The molecular formula is C21H34N4O2. The Kier molecular flexibility index (Phi) is 7.80. The summed E-state index contributed by atoms with van der Waals surface area (Å²) in [6.07, 6.45) is 1.95. The number of nitrogens with one attached hydrogen (secondary N) is 2. The number of hydrogen-bond acceptors (Lipinski definition) is 4. The highest BCUT2D eigenvalue weighted by Crippen LogP contribution is 2.10. The zero-order valence-corrected chi connectivity index (χ0v) is 17.2. The first-order chi connectivity index (χ1) is 12.7. The van der Waals surface area contributed by atoms with Gasteiger partial charge in [-0.25, -0.2) is 0 Å². The maximum absolute atomic E-state index is 12.3. The molecule has 1 heterocycles. The van der Waals surface area contributed by atoms with Crippen molar-refractivity contribution < 1.29 is 9.59 Å². The third-order valence-electron chi connectivity index (χ3n) is 4.58. The summed E-state index contributed by atoms with van der Waals surface area (Å²) in [7, 11) is 0. The van der Waals surface area contributed by atoms with Crippen molar-refractivity contribution in [3.8, 4) is 0 Å². The van der Waals surface area contributed by atoms with Gasteiger partial charge in [-0.3, -0.25) is 19.4 Å². The van der Waals surface area contributed by atoms with Gasteiger partial charge in [0.15, 0.2) is 0 Å². The van der Waals surface area contributed by atoms with Crippen LogP contribution in [0.5, 0.6) is 0 Å². The third-order valence-corrected chi connectivity index (χ3v) is 4.58. The molecule has 0 spiro atoms. The molecule has 0 atom stereocenters. The molecule has 1 saturated heterocycles. The van der Waals surface area contributed by atoms with Crippen LogP contribution >= 0.6 is 0 Å². The summed E-state index contributed by atoms with van der Waals surface area (Å²) in [4.78, 5) is 28.8. The Morgan fingerprint density at radius 2 is 1.48 bits per heavy atom. The highest BCUT2D eigenvalue weighted by Gasteiger charge is 2.20. The molecule has 1 fully saturated rings. The number of hydrogen-bond donors (Lipinski definition) is 2. The third kappa shape index (κ3) is 8.10. The molecule has 0 unspecified atom stereocenters. The molecule has 1 aromatic carbocycles. The highest BCUT2D eigenvalue weighted by atomic mass is 16.2. The van der Waals surface area contributed by atoms with Crippen molar-refractivity contribution in [1.29, 1.82) is 0 Å². The van der Waals surface area contributed by atoms with Gasteiger partial charge in [-0.1, -0.05) is 19.1 Å². The maximum Gasteiger partial charge on any atom is 0.238 e. The van der Waals surface area contributed by atoms with E-state index in [0.29, 0.717) is 13.1 Å². The fraction of sp³-hybridized carbons (Fsp3) is 0.619. The number of carbonyl (C=O) groups excluding carboxylic acids is 2. The quantitative estimate of drug-likeness (QED) is 0.800. The lowest BCUT2D eigenvalue weighted by Gasteiger charge is -2.25. The van der Waals surface area contributed by atoms with Crippen LogP contribution in [0.25, 0.3) is 0 Å². The summed E-state index contributed by atoms with van der Waals surface area (Å²) in [5.41, 5.74) is 1.89. The molecule has 1 aliphatic rings. The van der Waals surface area contributed by atoms with E-state index in [-0.39, 0.29) is 17.4 Å². The van der Waals surface area contributed by atoms with Crippen molar-refractivity contribution in [1.82, 2.24) is 15.1 Å². The Morgan fingerprint density at radius 1 is 0.926 bits per heavy atom. The van der Waals surface area contributed by atoms with E-state index in [0.717, 1.165) is 44.7 Å². The van der Waals surface area contributed by atoms with Crippen LogP contribution in [0.3, 0.4) is 0 Å². The fourth-order valence-electron chi connectivity index (χ4n) is 3.23. The minimum absolute atomic E-state index is 0.0122. The molecule has 27 heavy (non-hydrogen) atoms. The van der Waals surface area contributed by atoms with Gasteiger partial charge in [-0.15, -0.1) is 0 Å². The van der Waals surface area contributed by atoms with Gasteiger partial charge in [-0.05, 0) is 64.4 Å². The van der Waals surface area contributed by atoms with E-state index in [9.17, 15) is 9.59 Å². The van der Waals surface area contributed by atoms with Gasteiger partial charge < -0.3 is 10.6 Å². The maximum atomic E-state index is 12.3. The summed E-state index contributed by atoms with van der Waals surface area (Å²) in [5.74, 6) is 0.0717. The van der Waals surface area contributed by atoms with E-state index in [1.807, 2.05) is 45.0 Å². The van der Waals surface area contributed by atoms with E-state index >= 15 is 0 Å². The zero-order chi connectivity index (χ0) is 19.9. The number of amides is 2. The number of anilines is 1. The second kappa shape index (κ2) is 9.85. The van der Waals surface area contributed by atoms with Gasteiger partial charge >= 0.3 is 0 Å². The lowest BCUT2D eigenvalue weighted by Crippen LogP contribution is -2.46. The Morgan fingerprint density at radius 3 is 2.00 bits per heavy atom. The molecular weight excluding hydrogens is 340 g/mol. The first kappa shape index (κ1) is 21.4. The van der Waals surface area contributed by atoms with E-state index in [2.05, 4.69) is 27.4 Å². The van der Waals surface area contributed by atoms with Crippen LogP contribution in [0.4, 0.5) is 5.69 Å². The minimum atomic E-state index is -0.206. The lowest BCUT2D eigenvalue weighted by atomic mass is 10.1. The van der Waals surface area contributed by atoms with Gasteiger partial charge in [-0.2, -0.15) is 0 Å². The van der Waals surface area contributed by atoms with Crippen LogP contribution in [0, 0.1) is 0 Å². The van der Waals surface area contributed by atoms with Crippen LogP contribution in [0.2, 0.25) is 0 Å². The predicted molar refractivity (Wildman–Crippen MR) is 110 cm³/mol. The SMILES string of the molecule is CCc1ccc(NC(=O)CN2CCCN(CC(=O)NC(C)(C)C)CC2)cc1. The van der Waals surface area contributed by atoms with Gasteiger partial charge in [0.25, 0.3) is 0 Å². The normalized spacial score (nSPS) is 16.6. The molecule has 1 aliphatic heterocycles. The summed E-state index contributed by atoms with van der Waals surface area (Å²) < 4.78 is 0. The predicted octanol–water partition coefficient (Wildman–Crippen LogP) is 2.11. The molecule has 0 radical (unpaired) electrons. The monoisotopic (exact) mass is 374 g/mol. The molecule has 2 amide bonds. The van der Waals surface area contributed by atoms with Crippen LogP contribution in [0.1, 0.15) is 39.7 Å². The second-order valence-electron chi connectivity index (χ2n) is 8.30. The standard InChI is InChI=1S/C21H34N4O2/c1-5-17-7-9-18(10-8-17)22-19(26)15-24-11-6-12-25(14-13-24)16-20(27)23-21(2,3)4/h7-10H,5-6,11-16H2,1-4H3,(H,22,26)(H,23,27). The summed E-state index contributed by atoms with van der Waals surface area (Å²) in [5, 5.41) is 5.98. The molecule has 0 saturated carbocycles. The molecule has 1 aromatic rings. The second-order valence-corrected chi connectivity index (χ2v) is 8.30. The fourth-order valence-corrected chi connectivity index (χ4v) is 3.23. The van der Waals surface area contributed by atoms with Crippen molar-refractivity contribution in [2.24, 2.45) is 0 Å². The molecule has 6 heteroatoms. The Hall–Kier alpha value is -1.92. The smallest absolute Gasteiger partial charge is 0.238 e. The summed E-state index contributed by atoms with van der Waals surface area (Å²) in [6.45, 7) is 12.2. The Bertz CT molecular complexity index is 622. The number of nitrogens with zero attached hydrogens (tertiary/aromatic N) is 2. The molecule has 2 N–H and O–H groups in total. The molecule has 6 nitrogen and oxygen atoms in total. The first-order valence-electron chi connectivity index (χ1n) is 9.89. The van der Waals surface area contributed by atoms with Gasteiger partial charge in [0.2, 0.25) is 11.8 Å². The molecule has 2 rings (SSSR count). The Balaban J connectivity index is 1.76. The topological polar surface area (TPSA) is 64.7 Å². The van der Waals surface area contributed by atoms with Crippen molar-refractivity contribution >= 4 is 17.5 Å². The van der Waals surface area contributed by atoms with Crippen LogP contribution < -0.4 is 10.6 Å². The van der Waals surface area contributed by atoms with Crippen molar-refractivity contribution in [3.05, 3.63) is 29.8 Å². The molecule has 0 aliphatic carbocycles. The molecule has 150 valence electrons. The van der Waals surface area contributed by atoms with Gasteiger partial charge in [0, 0.05) is 24.3 Å². The first-order valence-corrected chi connectivity index (χ1v) is 9.89. The molecule has 0 aromatic heterocycles. The van der Waals surface area contributed by atoms with E-state index in [1.165, 1.54) is 5.56 Å². The van der Waals surface area contributed by atoms with Crippen molar-refractivity contribution in [2.45, 2.75) is 46.1 Å². The van der Waals surface area contributed by atoms with E-state index in [1.54, 1.807) is 0 Å². The van der Waals surface area contributed by atoms with Gasteiger partial charge in [0.05, 0.1) is 13.1 Å². The van der Waals surface area contributed by atoms with Crippen molar-refractivity contribution in [2.75, 3.05) is 44.6 Å². The average Bonchev–Trinajstić information content (AvgIpc) is 2.79. The number of carbonyl (C=O) groups is 2. The van der Waals surface area contributed by atoms with Crippen LogP contribution in [-0.4, -0.2) is 66.4 Å². The minimum Gasteiger partial charge on any atom is -0.350 e. The number of aryl methyl sites for hydroxylation is 1. The largest absolute Gasteiger partial charge is 0.350 e. The van der Waals surface area contributed by atoms with E-state index in [4.69, 9.17) is 0 Å². The van der Waals surface area contributed by atoms with Crippen LogP contribution in [-0.2, 0) is 16.0 Å². The molecule has 0 bridgehead atoms. The highest BCUT2D eigenvalue weighted by molar-refractivity contribution is 5.92. The zero-order valence-electron chi connectivity index (χ0n) is 17.2. The number of rotatable bonds is 6. The number of benzene rings is 1. The Labute approximate surface area is 163 Å².